The Kier molecular flexibility index (Phi) is 4.88. The van der Waals surface area contributed by atoms with Gasteiger partial charge in [0.25, 0.3) is 5.91 Å². The molecule has 0 spiro atoms. The van der Waals surface area contributed by atoms with Gasteiger partial charge in [0.05, 0.1) is 0 Å². The quantitative estimate of drug-likeness (QED) is 0.742. The van der Waals surface area contributed by atoms with Gasteiger partial charge < -0.3 is 16.4 Å². The molecular weight excluding hydrogens is 244 g/mol. The van der Waals surface area contributed by atoms with Gasteiger partial charge in [-0.25, -0.2) is 0 Å². The number of nitrogens with two attached hydrogens (primary N) is 1. The van der Waals surface area contributed by atoms with Gasteiger partial charge in [-0.2, -0.15) is 16.1 Å². The Labute approximate surface area is 103 Å². The molecule has 1 rings (SSSR count). The van der Waals surface area contributed by atoms with Gasteiger partial charge in [0, 0.05) is 18.8 Å². The summed E-state index contributed by atoms with van der Waals surface area (Å²) >= 11 is 2.98. The number of thioether (sulfide) groups is 1. The smallest absolute Gasteiger partial charge is 0.257 e. The van der Waals surface area contributed by atoms with Crippen molar-refractivity contribution in [2.45, 2.75) is 12.2 Å². The SMILES string of the molecule is CNC(=O)c1c(N)nsc1NCC(C)SC. The predicted molar refractivity (Wildman–Crippen MR) is 71.4 cm³/mol. The summed E-state index contributed by atoms with van der Waals surface area (Å²) in [5.74, 6) is 0.0780. The Morgan fingerprint density at radius 1 is 1.69 bits per heavy atom. The van der Waals surface area contributed by atoms with Gasteiger partial charge in [0.2, 0.25) is 0 Å². The Morgan fingerprint density at radius 3 is 2.94 bits per heavy atom. The number of carbonyl (C=O) groups is 1. The summed E-state index contributed by atoms with van der Waals surface area (Å²) in [6.45, 7) is 2.90. The summed E-state index contributed by atoms with van der Waals surface area (Å²) < 4.78 is 3.98. The zero-order valence-corrected chi connectivity index (χ0v) is 11.2. The van der Waals surface area contributed by atoms with E-state index in [-0.39, 0.29) is 11.7 Å². The lowest BCUT2D eigenvalue weighted by Crippen LogP contribution is -2.21. The topological polar surface area (TPSA) is 80.0 Å². The average Bonchev–Trinajstić information content (AvgIpc) is 2.66. The molecule has 1 atom stereocenters. The van der Waals surface area contributed by atoms with Gasteiger partial charge in [-0.15, -0.1) is 0 Å². The summed E-state index contributed by atoms with van der Waals surface area (Å²) in [5, 5.41) is 6.95. The molecule has 4 N–H and O–H groups in total. The third-order valence-corrected chi connectivity index (χ3v) is 3.92. The average molecular weight is 260 g/mol. The first-order chi connectivity index (χ1) is 7.60. The van der Waals surface area contributed by atoms with Crippen molar-refractivity contribution in [3.05, 3.63) is 5.56 Å². The molecule has 0 bridgehead atoms. The first kappa shape index (κ1) is 13.1. The fraction of sp³-hybridized carbons (Fsp3) is 0.556. The minimum atomic E-state index is -0.203. The van der Waals surface area contributed by atoms with E-state index in [4.69, 9.17) is 5.73 Å². The van der Waals surface area contributed by atoms with E-state index in [0.29, 0.717) is 10.8 Å². The first-order valence-corrected chi connectivity index (χ1v) is 6.90. The molecule has 0 saturated carbocycles. The monoisotopic (exact) mass is 260 g/mol. The first-order valence-electron chi connectivity index (χ1n) is 4.84. The number of anilines is 2. The van der Waals surface area contributed by atoms with Crippen LogP contribution in [0.3, 0.4) is 0 Å². The fourth-order valence-electron chi connectivity index (χ4n) is 1.09. The lowest BCUT2D eigenvalue weighted by atomic mass is 10.3. The van der Waals surface area contributed by atoms with Crippen LogP contribution < -0.4 is 16.4 Å². The van der Waals surface area contributed by atoms with Gasteiger partial charge in [0.1, 0.15) is 10.6 Å². The number of nitrogen functional groups attached to an aromatic ring is 1. The van der Waals surface area contributed by atoms with E-state index in [0.717, 1.165) is 11.5 Å². The van der Waals surface area contributed by atoms with E-state index < -0.39 is 0 Å². The number of amides is 1. The highest BCUT2D eigenvalue weighted by Crippen LogP contribution is 2.26. The van der Waals surface area contributed by atoms with Crippen LogP contribution in [-0.2, 0) is 0 Å². The van der Waals surface area contributed by atoms with Crippen LogP contribution in [0.25, 0.3) is 0 Å². The van der Waals surface area contributed by atoms with Crippen LogP contribution in [0.5, 0.6) is 0 Å². The normalized spacial score (nSPS) is 12.2. The zero-order chi connectivity index (χ0) is 12.1. The molecule has 0 fully saturated rings. The molecule has 16 heavy (non-hydrogen) atoms. The van der Waals surface area contributed by atoms with Crippen LogP contribution in [0.2, 0.25) is 0 Å². The van der Waals surface area contributed by atoms with Crippen molar-refractivity contribution < 1.29 is 4.79 Å². The number of nitrogens with zero attached hydrogens (tertiary/aromatic N) is 1. The third-order valence-electron chi connectivity index (χ3n) is 2.13. The highest BCUT2D eigenvalue weighted by atomic mass is 32.2. The molecule has 7 heteroatoms. The molecule has 0 saturated heterocycles. The van der Waals surface area contributed by atoms with Gasteiger partial charge in [-0.1, -0.05) is 6.92 Å². The van der Waals surface area contributed by atoms with Crippen molar-refractivity contribution in [3.63, 3.8) is 0 Å². The molecule has 90 valence electrons. The predicted octanol–water partition coefficient (Wildman–Crippen LogP) is 1.25. The van der Waals surface area contributed by atoms with E-state index in [9.17, 15) is 4.79 Å². The molecule has 1 amide bonds. The van der Waals surface area contributed by atoms with Crippen LogP contribution in [-0.4, -0.2) is 35.4 Å². The van der Waals surface area contributed by atoms with Gasteiger partial charge >= 0.3 is 0 Å². The molecule has 0 aliphatic heterocycles. The maximum atomic E-state index is 11.6. The van der Waals surface area contributed by atoms with Crippen LogP contribution in [0.4, 0.5) is 10.8 Å². The van der Waals surface area contributed by atoms with Gasteiger partial charge in [0.15, 0.2) is 5.82 Å². The summed E-state index contributed by atoms with van der Waals surface area (Å²) in [6.07, 6.45) is 2.05. The zero-order valence-electron chi connectivity index (χ0n) is 9.53. The van der Waals surface area contributed by atoms with Crippen molar-refractivity contribution in [1.82, 2.24) is 9.69 Å². The highest BCUT2D eigenvalue weighted by Gasteiger charge is 2.18. The molecule has 1 aromatic rings. The number of rotatable bonds is 5. The molecule has 1 unspecified atom stereocenters. The second kappa shape index (κ2) is 5.95. The van der Waals surface area contributed by atoms with Crippen molar-refractivity contribution in [3.8, 4) is 0 Å². The van der Waals surface area contributed by atoms with Crippen molar-refractivity contribution in [2.24, 2.45) is 0 Å². The molecular formula is C9H16N4OS2. The van der Waals surface area contributed by atoms with E-state index >= 15 is 0 Å². The Hall–Kier alpha value is -0.950. The highest BCUT2D eigenvalue weighted by molar-refractivity contribution is 7.99. The second-order valence-electron chi connectivity index (χ2n) is 3.28. The lowest BCUT2D eigenvalue weighted by molar-refractivity contribution is 0.0965. The maximum absolute atomic E-state index is 11.6. The number of aromatic nitrogens is 1. The Balaban J connectivity index is 2.76. The standard InChI is InChI=1S/C9H16N4OS2/c1-5(15-3)4-12-9-6(8(14)11-2)7(10)13-16-9/h5,12H,4H2,1-3H3,(H2,10,13)(H,11,14). The largest absolute Gasteiger partial charge is 0.382 e. The minimum Gasteiger partial charge on any atom is -0.382 e. The number of carbonyl (C=O) groups excluding carboxylic acids is 1. The number of nitrogens with one attached hydrogen (secondary N) is 2. The third kappa shape index (κ3) is 3.02. The van der Waals surface area contributed by atoms with Crippen LogP contribution >= 0.6 is 23.3 Å². The second-order valence-corrected chi connectivity index (χ2v) is 5.33. The molecule has 1 heterocycles. The summed E-state index contributed by atoms with van der Waals surface area (Å²) in [6, 6.07) is 0. The molecule has 0 aliphatic rings. The van der Waals surface area contributed by atoms with Crippen molar-refractivity contribution >= 4 is 40.0 Å². The van der Waals surface area contributed by atoms with Crippen molar-refractivity contribution in [1.29, 1.82) is 0 Å². The Morgan fingerprint density at radius 2 is 2.38 bits per heavy atom. The van der Waals surface area contributed by atoms with Crippen LogP contribution in [0, 0.1) is 0 Å². The van der Waals surface area contributed by atoms with E-state index in [2.05, 4.69) is 21.9 Å². The summed E-state index contributed by atoms with van der Waals surface area (Å²) in [5.41, 5.74) is 6.10. The molecule has 0 aromatic carbocycles. The van der Waals surface area contributed by atoms with Gasteiger partial charge in [-0.3, -0.25) is 4.79 Å². The molecule has 0 radical (unpaired) electrons. The van der Waals surface area contributed by atoms with Crippen LogP contribution in [0.1, 0.15) is 17.3 Å². The van der Waals surface area contributed by atoms with Crippen LogP contribution in [0.15, 0.2) is 0 Å². The molecule has 5 nitrogen and oxygen atoms in total. The Bertz CT molecular complexity index is 366. The number of hydrogen-bond acceptors (Lipinski definition) is 6. The molecule has 1 aromatic heterocycles. The fourth-order valence-corrected chi connectivity index (χ4v) is 2.05. The summed E-state index contributed by atoms with van der Waals surface area (Å²) in [4.78, 5) is 11.6. The summed E-state index contributed by atoms with van der Waals surface area (Å²) in [7, 11) is 1.58. The minimum absolute atomic E-state index is 0.203. The van der Waals surface area contributed by atoms with Gasteiger partial charge in [-0.05, 0) is 17.8 Å². The van der Waals surface area contributed by atoms with E-state index in [1.807, 2.05) is 6.26 Å². The lowest BCUT2D eigenvalue weighted by Gasteiger charge is -2.10. The molecule has 0 aliphatic carbocycles. The maximum Gasteiger partial charge on any atom is 0.257 e. The number of hydrogen-bond donors (Lipinski definition) is 3. The van der Waals surface area contributed by atoms with E-state index in [1.165, 1.54) is 11.5 Å². The van der Waals surface area contributed by atoms with E-state index in [1.54, 1.807) is 18.8 Å². The van der Waals surface area contributed by atoms with Crippen molar-refractivity contribution in [2.75, 3.05) is 30.9 Å².